The summed E-state index contributed by atoms with van der Waals surface area (Å²) < 4.78 is 0. The van der Waals surface area contributed by atoms with E-state index in [1.807, 2.05) is 19.1 Å². The van der Waals surface area contributed by atoms with E-state index in [4.69, 9.17) is 0 Å². The van der Waals surface area contributed by atoms with Crippen LogP contribution in [0.2, 0.25) is 0 Å². The predicted molar refractivity (Wildman–Crippen MR) is 207 cm³/mol. The fourth-order valence-electron chi connectivity index (χ4n) is 12.8. The Morgan fingerprint density at radius 1 is 0.351 bits per heavy atom. The van der Waals surface area contributed by atoms with E-state index in [-0.39, 0.29) is 0 Å². The van der Waals surface area contributed by atoms with Crippen molar-refractivity contribution in [1.82, 2.24) is 4.90 Å². The van der Waals surface area contributed by atoms with E-state index in [2.05, 4.69) is 0 Å². The van der Waals surface area contributed by atoms with Gasteiger partial charge in [-0.25, -0.2) is 14.7 Å². The normalized spacial score (nSPS) is 39.1. The van der Waals surface area contributed by atoms with Gasteiger partial charge in [0.1, 0.15) is 0 Å². The Labute approximate surface area is 330 Å². The van der Waals surface area contributed by atoms with Crippen molar-refractivity contribution in [2.45, 2.75) is 68.7 Å². The molecule has 2 aliphatic carbocycles. The topological polar surface area (TPSA) is 150 Å². The van der Waals surface area contributed by atoms with Crippen LogP contribution in [0.1, 0.15) is 72.1 Å². The number of imide groups is 4. The molecule has 6 aliphatic rings. The molecule has 4 heterocycles. The van der Waals surface area contributed by atoms with Gasteiger partial charge in [0.2, 0.25) is 47.3 Å². The number of carbonyl (C=O) groups is 8. The maximum Gasteiger partial charge on any atom is 0.241 e. The highest BCUT2D eigenvalue weighted by Gasteiger charge is 2.98. The van der Waals surface area contributed by atoms with E-state index in [0.29, 0.717) is 23.5 Å². The summed E-state index contributed by atoms with van der Waals surface area (Å²) in [4.78, 5) is 117. The lowest BCUT2D eigenvalue weighted by atomic mass is 9.27. The summed E-state index contributed by atoms with van der Waals surface area (Å²) in [6.07, 6.45) is 0.439. The minimum Gasteiger partial charge on any atom is -0.285 e. The number of likely N-dealkylation sites (tertiary alicyclic amines) is 1. The van der Waals surface area contributed by atoms with Gasteiger partial charge >= 0.3 is 0 Å². The van der Waals surface area contributed by atoms with Crippen LogP contribution < -0.4 is 14.7 Å². The molecular formula is C45H44N4O8. The van der Waals surface area contributed by atoms with Crippen LogP contribution in [0.5, 0.6) is 0 Å². The third-order valence-corrected chi connectivity index (χ3v) is 17.3. The quantitative estimate of drug-likeness (QED) is 0.330. The molecule has 6 fully saturated rings. The lowest BCUT2D eigenvalue weighted by molar-refractivity contribution is -0.243. The second-order valence-corrected chi connectivity index (χ2v) is 18.4. The molecule has 2 saturated carbocycles. The Hall–Kier alpha value is -5.78. The highest BCUT2D eigenvalue weighted by molar-refractivity contribution is 6.37. The van der Waals surface area contributed by atoms with Gasteiger partial charge in [-0.15, -0.1) is 0 Å². The largest absolute Gasteiger partial charge is 0.285 e. The number of carbonyl (C=O) groups excluding carboxylic acids is 8. The van der Waals surface area contributed by atoms with Crippen LogP contribution in [-0.2, 0) is 44.8 Å². The molecule has 0 bridgehead atoms. The molecule has 4 aliphatic heterocycles. The number of benzene rings is 3. The highest BCUT2D eigenvalue weighted by Crippen LogP contribution is 2.85. The standard InChI is InChI=1S/C45H44N4O8/c1-24-11-17-27(18-12-24)47-34(54)42(6)43(7,35(47)55)45(9)37(57)49(36(56)44(42,45)8)29-21-15-26(16-22-29)23-25-13-19-28(20-14-25)48-32(52)40(4)38(2)30(50)46(10)31(51)39(38,3)41(40,5)33(48)53/h11-22H,23H2,1-10H3. The lowest BCUT2D eigenvalue weighted by Gasteiger charge is -2.67. The van der Waals surface area contributed by atoms with Crippen molar-refractivity contribution in [2.75, 3.05) is 21.7 Å². The third-order valence-electron chi connectivity index (χ3n) is 17.3. The zero-order chi connectivity index (χ0) is 41.6. The maximum absolute atomic E-state index is 14.5. The first-order chi connectivity index (χ1) is 26.5. The predicted octanol–water partition coefficient (Wildman–Crippen LogP) is 4.98. The molecule has 12 nitrogen and oxygen atoms in total. The molecule has 57 heavy (non-hydrogen) atoms. The number of hydrogen-bond donors (Lipinski definition) is 0. The number of anilines is 3. The Morgan fingerprint density at radius 2 is 0.561 bits per heavy atom. The Balaban J connectivity index is 0.955. The second kappa shape index (κ2) is 10.2. The van der Waals surface area contributed by atoms with Gasteiger partial charge in [0, 0.05) is 7.05 Å². The fourth-order valence-corrected chi connectivity index (χ4v) is 12.8. The number of fused-ring (bicyclic) bond motifs is 8. The number of hydrogen-bond acceptors (Lipinski definition) is 8. The van der Waals surface area contributed by atoms with Crippen molar-refractivity contribution in [2.24, 2.45) is 43.3 Å². The Morgan fingerprint density at radius 3 is 0.807 bits per heavy atom. The summed E-state index contributed by atoms with van der Waals surface area (Å²) >= 11 is 0. The monoisotopic (exact) mass is 768 g/mol. The minimum atomic E-state index is -1.49. The first kappa shape index (κ1) is 36.8. The summed E-state index contributed by atoms with van der Waals surface area (Å²) in [6.45, 7) is 14.9. The SMILES string of the molecule is Cc1ccc(N2C(=O)C3(C)C(C)(C2=O)C2(C)C(=O)N(c4ccc(Cc5ccc(N6C(=O)C7(C)C8(C)C(=O)N(C)C(=O)C8(C)C7(C)C6=O)cc5)cc4)C(=O)C32C)cc1. The molecule has 8 atom stereocenters. The molecule has 12 heteroatoms. The average Bonchev–Trinajstić information content (AvgIpc) is 3.58. The Bertz CT molecular complexity index is 2410. The van der Waals surface area contributed by atoms with Crippen molar-refractivity contribution < 1.29 is 38.4 Å². The van der Waals surface area contributed by atoms with Crippen LogP contribution in [0.15, 0.2) is 72.8 Å². The van der Waals surface area contributed by atoms with Gasteiger partial charge in [0.15, 0.2) is 0 Å². The van der Waals surface area contributed by atoms with Crippen molar-refractivity contribution >= 4 is 64.3 Å². The summed E-state index contributed by atoms with van der Waals surface area (Å²) in [7, 11) is 1.40. The third kappa shape index (κ3) is 3.16. The van der Waals surface area contributed by atoms with E-state index in [0.717, 1.165) is 36.3 Å². The van der Waals surface area contributed by atoms with E-state index in [9.17, 15) is 38.4 Å². The number of rotatable bonds is 5. The zero-order valence-electron chi connectivity index (χ0n) is 33.7. The van der Waals surface area contributed by atoms with E-state index >= 15 is 0 Å². The second-order valence-electron chi connectivity index (χ2n) is 18.4. The summed E-state index contributed by atoms with van der Waals surface area (Å²) in [6, 6.07) is 20.9. The molecule has 9 rings (SSSR count). The molecular weight excluding hydrogens is 725 g/mol. The highest BCUT2D eigenvalue weighted by atomic mass is 16.2. The molecule has 3 aromatic rings. The first-order valence-electron chi connectivity index (χ1n) is 19.2. The lowest BCUT2D eigenvalue weighted by Crippen LogP contribution is -2.77. The molecule has 8 unspecified atom stereocenters. The molecule has 0 N–H and O–H groups in total. The summed E-state index contributed by atoms with van der Waals surface area (Å²) in [5, 5.41) is 0. The average molecular weight is 769 g/mol. The number of amides is 8. The molecule has 292 valence electrons. The molecule has 4 saturated heterocycles. The van der Waals surface area contributed by atoms with Gasteiger partial charge in [-0.3, -0.25) is 43.3 Å². The van der Waals surface area contributed by atoms with Gasteiger partial charge in [-0.2, -0.15) is 0 Å². The number of aryl methyl sites for hydroxylation is 1. The first-order valence-corrected chi connectivity index (χ1v) is 19.2. The van der Waals surface area contributed by atoms with Crippen molar-refractivity contribution in [1.29, 1.82) is 0 Å². The van der Waals surface area contributed by atoms with Crippen molar-refractivity contribution in [3.8, 4) is 0 Å². The van der Waals surface area contributed by atoms with Crippen LogP contribution in [0.3, 0.4) is 0 Å². The Kier molecular flexibility index (Phi) is 6.59. The zero-order valence-corrected chi connectivity index (χ0v) is 33.7. The van der Waals surface area contributed by atoms with Gasteiger partial charge in [-0.05, 0) is 116 Å². The van der Waals surface area contributed by atoms with E-state index in [1.165, 1.54) is 7.05 Å². The summed E-state index contributed by atoms with van der Waals surface area (Å²) in [5.74, 6) is -4.00. The van der Waals surface area contributed by atoms with Gasteiger partial charge in [0.25, 0.3) is 0 Å². The van der Waals surface area contributed by atoms with Gasteiger partial charge < -0.3 is 0 Å². The van der Waals surface area contributed by atoms with E-state index < -0.39 is 90.6 Å². The van der Waals surface area contributed by atoms with Gasteiger partial charge in [-0.1, -0.05) is 42.0 Å². The van der Waals surface area contributed by atoms with Gasteiger partial charge in [0.05, 0.1) is 60.4 Å². The molecule has 0 spiro atoms. The van der Waals surface area contributed by atoms with Crippen LogP contribution in [-0.4, -0.2) is 59.2 Å². The van der Waals surface area contributed by atoms with Crippen LogP contribution in [0.25, 0.3) is 0 Å². The molecule has 3 aromatic carbocycles. The number of nitrogens with zero attached hydrogens (tertiary/aromatic N) is 4. The van der Waals surface area contributed by atoms with Crippen molar-refractivity contribution in [3.05, 3.63) is 89.5 Å². The van der Waals surface area contributed by atoms with Crippen LogP contribution >= 0.6 is 0 Å². The maximum atomic E-state index is 14.5. The van der Waals surface area contributed by atoms with E-state index in [1.54, 1.807) is 116 Å². The van der Waals surface area contributed by atoms with Crippen molar-refractivity contribution in [3.63, 3.8) is 0 Å². The molecule has 0 radical (unpaired) electrons. The smallest absolute Gasteiger partial charge is 0.241 e. The molecule has 0 aromatic heterocycles. The van der Waals surface area contributed by atoms with Crippen LogP contribution in [0, 0.1) is 50.2 Å². The van der Waals surface area contributed by atoms with Crippen LogP contribution in [0.4, 0.5) is 17.1 Å². The molecule has 8 amide bonds. The minimum absolute atomic E-state index is 0.333. The fraction of sp³-hybridized carbons (Fsp3) is 0.422. The summed E-state index contributed by atoms with van der Waals surface area (Å²) in [5.41, 5.74) is -7.76.